The van der Waals surface area contributed by atoms with Crippen LogP contribution in [0.3, 0.4) is 0 Å². The quantitative estimate of drug-likeness (QED) is 0.168. The van der Waals surface area contributed by atoms with Gasteiger partial charge in [-0.05, 0) is 43.1 Å². The third kappa shape index (κ3) is 4.02. The van der Waals surface area contributed by atoms with Crippen LogP contribution < -0.4 is 0 Å². The molecule has 3 aliphatic carbocycles. The number of methoxy groups -OCH3 is 1. The highest BCUT2D eigenvalue weighted by molar-refractivity contribution is 5.95. The predicted molar refractivity (Wildman–Crippen MR) is 141 cm³/mol. The largest absolute Gasteiger partial charge is 0.504 e. The van der Waals surface area contributed by atoms with E-state index in [0.717, 1.165) is 32.8 Å². The van der Waals surface area contributed by atoms with Gasteiger partial charge in [-0.3, -0.25) is 4.79 Å². The maximum atomic E-state index is 13.5. The highest BCUT2D eigenvalue weighted by atomic mass is 16.6. The smallest absolute Gasteiger partial charge is 0.348 e. The molecule has 0 aromatic heterocycles. The van der Waals surface area contributed by atoms with E-state index in [-0.39, 0.29) is 25.2 Å². The van der Waals surface area contributed by atoms with Gasteiger partial charge in [0.05, 0.1) is 25.7 Å². The summed E-state index contributed by atoms with van der Waals surface area (Å²) in [5, 5.41) is 33.8. The molecule has 3 N–H and O–H groups in total. The van der Waals surface area contributed by atoms with Crippen LogP contribution in [0.5, 0.6) is 0 Å². The van der Waals surface area contributed by atoms with E-state index in [1.807, 2.05) is 0 Å². The number of carbonyl (C=O) groups is 4. The number of hydrogen-bond donors (Lipinski definition) is 3. The molecule has 226 valence electrons. The summed E-state index contributed by atoms with van der Waals surface area (Å²) in [5.41, 5.74) is -4.11. The number of Topliss-reactive ketones (excluding diaryl/α,β-unsaturated/α-hetero) is 1. The van der Waals surface area contributed by atoms with Crippen molar-refractivity contribution in [2.45, 2.75) is 95.7 Å². The number of allylic oxidation sites excluding steroid dienone is 3. The molecule has 41 heavy (non-hydrogen) atoms. The number of carbonyl (C=O) groups excluding carboxylic acids is 4. The molecule has 0 radical (unpaired) electrons. The van der Waals surface area contributed by atoms with Gasteiger partial charge in [0.25, 0.3) is 0 Å². The lowest BCUT2D eigenvalue weighted by Gasteiger charge is -2.67. The molecule has 2 aliphatic heterocycles. The molecular weight excluding hydrogens is 536 g/mol. The van der Waals surface area contributed by atoms with Crippen LogP contribution in [-0.2, 0) is 38.1 Å². The summed E-state index contributed by atoms with van der Waals surface area (Å²) < 4.78 is 22.7. The molecule has 11 heteroatoms. The van der Waals surface area contributed by atoms with E-state index >= 15 is 0 Å². The molecule has 0 aromatic carbocycles. The Morgan fingerprint density at radius 3 is 2.56 bits per heavy atom. The Bertz CT molecular complexity index is 1190. The minimum atomic E-state index is -2.22. The number of esters is 3. The van der Waals surface area contributed by atoms with Crippen molar-refractivity contribution in [3.63, 3.8) is 0 Å². The van der Waals surface area contributed by atoms with Crippen LogP contribution in [0.2, 0.25) is 0 Å². The van der Waals surface area contributed by atoms with Crippen molar-refractivity contribution >= 4 is 23.7 Å². The average molecular weight is 577 g/mol. The molecule has 11 nitrogen and oxygen atoms in total. The van der Waals surface area contributed by atoms with Crippen molar-refractivity contribution in [3.8, 4) is 0 Å². The fourth-order valence-electron chi connectivity index (χ4n) is 8.89. The van der Waals surface area contributed by atoms with Gasteiger partial charge in [-0.25, -0.2) is 14.4 Å². The minimum absolute atomic E-state index is 0.138. The number of aliphatic hydroxyl groups is 3. The summed E-state index contributed by atoms with van der Waals surface area (Å²) in [6.07, 6.45) is 1.66. The fourth-order valence-corrected chi connectivity index (χ4v) is 8.89. The Hall–Kier alpha value is -2.76. The van der Waals surface area contributed by atoms with E-state index in [1.54, 1.807) is 19.9 Å². The van der Waals surface area contributed by atoms with E-state index in [0.29, 0.717) is 12.0 Å². The molecular formula is C30H40O11. The van der Waals surface area contributed by atoms with Crippen molar-refractivity contribution in [2.24, 2.45) is 28.6 Å². The zero-order valence-electron chi connectivity index (χ0n) is 24.0. The molecule has 0 unspecified atom stereocenters. The standard InChI is InChI=1S/C30H40O11/c1-5-6-7-8-9-10-11-19(32)41-22-24-29-14-39-30(24,27(37)38-4)25(35)21(34)23(29)28(3)13-17(31)20(33)15(2)16(28)12-18(29)40-26(22)36/h10-11,16,18,21-25,33-35H,5-9,12-14H2,1-4H3/b11-10-/t16-,18+,21+,22+,23+,24+,25-,28-,29+,30-/m0/s1. The van der Waals surface area contributed by atoms with Crippen LogP contribution in [0.25, 0.3) is 0 Å². The van der Waals surface area contributed by atoms with Crippen molar-refractivity contribution in [1.29, 1.82) is 0 Å². The van der Waals surface area contributed by atoms with Crippen LogP contribution in [0.1, 0.15) is 65.7 Å². The maximum Gasteiger partial charge on any atom is 0.348 e. The second kappa shape index (κ2) is 10.5. The number of rotatable bonds is 8. The number of aliphatic hydroxyl groups excluding tert-OH is 3. The van der Waals surface area contributed by atoms with Gasteiger partial charge in [0.2, 0.25) is 11.7 Å². The first-order chi connectivity index (χ1) is 19.4. The lowest BCUT2D eigenvalue weighted by molar-refractivity contribution is -0.290. The van der Waals surface area contributed by atoms with Gasteiger partial charge in [0, 0.05) is 23.8 Å². The zero-order valence-corrected chi connectivity index (χ0v) is 24.0. The Balaban J connectivity index is 1.58. The number of unbranched alkanes of at least 4 members (excludes halogenated alkanes) is 4. The summed E-state index contributed by atoms with van der Waals surface area (Å²) in [5.74, 6) is -6.23. The Labute approximate surface area is 238 Å². The van der Waals surface area contributed by atoms with Crippen LogP contribution in [0.4, 0.5) is 0 Å². The minimum Gasteiger partial charge on any atom is -0.504 e. The SMILES string of the molecule is CCCCCC/C=C\C(=O)O[C@H]1C(=O)O[C@@H]2C[C@H]3C(C)=C(O)C(=O)C[C@]3(C)[C@H]3[C@@H](O)[C@H](O)[C@@]4(C(=O)OC)OC[C@]32[C@@H]14. The topological polar surface area (TPSA) is 166 Å². The second-order valence-electron chi connectivity index (χ2n) is 12.5. The molecule has 1 spiro atoms. The molecule has 5 aliphatic rings. The molecule has 4 fully saturated rings. The molecule has 0 aromatic rings. The number of hydrogen-bond acceptors (Lipinski definition) is 11. The van der Waals surface area contributed by atoms with Gasteiger partial charge in [0.1, 0.15) is 12.2 Å². The van der Waals surface area contributed by atoms with Gasteiger partial charge in [-0.2, -0.15) is 0 Å². The number of ketones is 1. The van der Waals surface area contributed by atoms with E-state index in [2.05, 4.69) is 6.92 Å². The van der Waals surface area contributed by atoms with Gasteiger partial charge in [-0.15, -0.1) is 0 Å². The molecule has 2 saturated carbocycles. The first kappa shape index (κ1) is 29.7. The highest BCUT2D eigenvalue weighted by Crippen LogP contribution is 2.72. The third-order valence-electron chi connectivity index (χ3n) is 10.6. The third-order valence-corrected chi connectivity index (χ3v) is 10.6. The van der Waals surface area contributed by atoms with Crippen molar-refractivity contribution in [3.05, 3.63) is 23.5 Å². The zero-order chi connectivity index (χ0) is 29.9. The predicted octanol–water partition coefficient (Wildman–Crippen LogP) is 2.08. The molecule has 2 heterocycles. The molecule has 10 atom stereocenters. The summed E-state index contributed by atoms with van der Waals surface area (Å²) in [4.78, 5) is 52.8. The molecule has 2 bridgehead atoms. The van der Waals surface area contributed by atoms with E-state index in [4.69, 9.17) is 18.9 Å². The summed E-state index contributed by atoms with van der Waals surface area (Å²) in [6.45, 7) is 5.32. The number of fused-ring (bicyclic) bond motifs is 2. The average Bonchev–Trinajstić information content (AvgIpc) is 3.24. The Morgan fingerprint density at radius 1 is 1.15 bits per heavy atom. The monoisotopic (exact) mass is 576 g/mol. The van der Waals surface area contributed by atoms with Crippen molar-refractivity contribution < 1.29 is 53.4 Å². The first-order valence-corrected chi connectivity index (χ1v) is 14.5. The van der Waals surface area contributed by atoms with Crippen LogP contribution >= 0.6 is 0 Å². The Kier molecular flexibility index (Phi) is 7.61. The second-order valence-corrected chi connectivity index (χ2v) is 12.5. The van der Waals surface area contributed by atoms with Crippen molar-refractivity contribution in [1.82, 2.24) is 0 Å². The van der Waals surface area contributed by atoms with Crippen molar-refractivity contribution in [2.75, 3.05) is 13.7 Å². The first-order valence-electron chi connectivity index (χ1n) is 14.5. The van der Waals surface area contributed by atoms with Gasteiger partial charge < -0.3 is 34.3 Å². The summed E-state index contributed by atoms with van der Waals surface area (Å²) in [6, 6.07) is 0. The van der Waals surface area contributed by atoms with E-state index in [1.165, 1.54) is 6.08 Å². The fraction of sp³-hybridized carbons (Fsp3) is 0.733. The molecule has 5 rings (SSSR count). The summed E-state index contributed by atoms with van der Waals surface area (Å²) in [7, 11) is 1.10. The lowest BCUT2D eigenvalue weighted by atomic mass is 9.38. The van der Waals surface area contributed by atoms with Crippen LogP contribution in [0.15, 0.2) is 23.5 Å². The molecule has 0 amide bonds. The maximum absolute atomic E-state index is 13.5. The highest BCUT2D eigenvalue weighted by Gasteiger charge is 2.85. The number of ether oxygens (including phenoxy) is 4. The normalized spacial score (nSPS) is 42.9. The van der Waals surface area contributed by atoms with Gasteiger partial charge in [-0.1, -0.05) is 39.2 Å². The summed E-state index contributed by atoms with van der Waals surface area (Å²) >= 11 is 0. The van der Waals surface area contributed by atoms with E-state index < -0.39 is 82.3 Å². The lowest BCUT2D eigenvalue weighted by Crippen LogP contribution is -2.79. The Morgan fingerprint density at radius 2 is 1.88 bits per heavy atom. The van der Waals surface area contributed by atoms with Gasteiger partial charge >= 0.3 is 17.9 Å². The van der Waals surface area contributed by atoms with Crippen LogP contribution in [-0.4, -0.2) is 82.7 Å². The molecule has 2 saturated heterocycles. The van der Waals surface area contributed by atoms with Gasteiger partial charge in [0.15, 0.2) is 11.5 Å². The van der Waals surface area contributed by atoms with E-state index in [9.17, 15) is 34.5 Å². The van der Waals surface area contributed by atoms with Crippen LogP contribution in [0, 0.1) is 28.6 Å².